The van der Waals surface area contributed by atoms with Crippen LogP contribution in [-0.4, -0.2) is 27.1 Å². The molecule has 0 atom stereocenters. The van der Waals surface area contributed by atoms with Gasteiger partial charge in [0.15, 0.2) is 5.69 Å². The van der Waals surface area contributed by atoms with E-state index in [2.05, 4.69) is 11.1 Å². The van der Waals surface area contributed by atoms with Gasteiger partial charge in [0.25, 0.3) is 11.5 Å². The number of benzene rings is 2. The zero-order valence-electron chi connectivity index (χ0n) is 19.1. The van der Waals surface area contributed by atoms with Crippen molar-refractivity contribution in [3.63, 3.8) is 0 Å². The highest BCUT2D eigenvalue weighted by atomic mass is 16.2. The molecular weight excluding hydrogens is 444 g/mol. The molecule has 0 aliphatic rings. The van der Waals surface area contributed by atoms with Gasteiger partial charge in [0.1, 0.15) is 5.82 Å². The second kappa shape index (κ2) is 9.97. The predicted octanol–water partition coefficient (Wildman–Crippen LogP) is 2.71. The van der Waals surface area contributed by atoms with Gasteiger partial charge in [-0.1, -0.05) is 48.5 Å². The number of amides is 1. The molecule has 0 unspecified atom stereocenters. The number of nitrogens with one attached hydrogen (secondary N) is 1. The van der Waals surface area contributed by atoms with Crippen LogP contribution in [0, 0.1) is 11.3 Å². The molecule has 4 aromatic rings. The number of H-pyrrole nitrogens is 1. The van der Waals surface area contributed by atoms with Crippen LogP contribution in [0.25, 0.3) is 17.0 Å². The number of nitrogens with zero attached hydrogens (tertiary/aromatic N) is 4. The smallest absolute Gasteiger partial charge is 0.330 e. The van der Waals surface area contributed by atoms with Crippen LogP contribution < -0.4 is 21.9 Å². The van der Waals surface area contributed by atoms with Crippen LogP contribution in [0.5, 0.6) is 0 Å². The maximum atomic E-state index is 13.0. The Balaban J connectivity index is 1.64. The van der Waals surface area contributed by atoms with E-state index in [0.29, 0.717) is 13.0 Å². The summed E-state index contributed by atoms with van der Waals surface area (Å²) in [7, 11) is 1.43. The number of nitriles is 1. The van der Waals surface area contributed by atoms with Gasteiger partial charge in [0.05, 0.1) is 19.0 Å². The standard InChI is InChI=1S/C26H24N6O3/c1-30(23-24(28)32(26(35)29-25(23)34)16-18-8-3-2-4-9-18)22(33)13-12-19-17-31(15-7-14-27)21-11-6-5-10-20(19)21/h2-6,8-13,17H,7,15-16,28H2,1H3,(H,29,34,35)/b13-12+. The fourth-order valence-electron chi connectivity index (χ4n) is 3.97. The van der Waals surface area contributed by atoms with Crippen molar-refractivity contribution < 1.29 is 4.79 Å². The maximum absolute atomic E-state index is 13.0. The second-order valence-electron chi connectivity index (χ2n) is 8.00. The first-order valence-corrected chi connectivity index (χ1v) is 11.0. The van der Waals surface area contributed by atoms with Crippen molar-refractivity contribution in [3.05, 3.63) is 98.8 Å². The molecule has 2 aromatic heterocycles. The van der Waals surface area contributed by atoms with Gasteiger partial charge in [-0.15, -0.1) is 0 Å². The predicted molar refractivity (Wildman–Crippen MR) is 136 cm³/mol. The Morgan fingerprint density at radius 2 is 1.86 bits per heavy atom. The van der Waals surface area contributed by atoms with Crippen molar-refractivity contribution in [1.82, 2.24) is 14.1 Å². The molecule has 0 saturated carbocycles. The number of hydrogen-bond acceptors (Lipinski definition) is 5. The molecule has 3 N–H and O–H groups in total. The minimum Gasteiger partial charge on any atom is -0.383 e. The number of hydrogen-bond donors (Lipinski definition) is 2. The highest BCUT2D eigenvalue weighted by Crippen LogP contribution is 2.23. The van der Waals surface area contributed by atoms with Gasteiger partial charge in [-0.3, -0.25) is 19.1 Å². The van der Waals surface area contributed by atoms with E-state index in [4.69, 9.17) is 11.0 Å². The Morgan fingerprint density at radius 3 is 2.60 bits per heavy atom. The summed E-state index contributed by atoms with van der Waals surface area (Å²) in [5, 5.41) is 9.86. The van der Waals surface area contributed by atoms with E-state index in [1.807, 2.05) is 65.4 Å². The average Bonchev–Trinajstić information content (AvgIpc) is 3.22. The van der Waals surface area contributed by atoms with Crippen molar-refractivity contribution >= 4 is 34.4 Å². The van der Waals surface area contributed by atoms with Crippen LogP contribution in [0.3, 0.4) is 0 Å². The summed E-state index contributed by atoms with van der Waals surface area (Å²) in [6.07, 6.45) is 5.26. The molecule has 2 heterocycles. The quantitative estimate of drug-likeness (QED) is 0.403. The number of nitrogens with two attached hydrogens (primary N) is 1. The Hall–Kier alpha value is -4.84. The summed E-state index contributed by atoms with van der Waals surface area (Å²) in [6.45, 7) is 0.683. The van der Waals surface area contributed by atoms with Crippen LogP contribution in [-0.2, 0) is 17.9 Å². The van der Waals surface area contributed by atoms with E-state index in [0.717, 1.165) is 26.9 Å². The van der Waals surface area contributed by atoms with E-state index < -0.39 is 17.2 Å². The summed E-state index contributed by atoms with van der Waals surface area (Å²) >= 11 is 0. The first-order valence-electron chi connectivity index (χ1n) is 11.0. The molecule has 0 aliphatic carbocycles. The van der Waals surface area contributed by atoms with Crippen LogP contribution in [0.15, 0.2) is 76.5 Å². The monoisotopic (exact) mass is 468 g/mol. The Labute approximate surface area is 201 Å². The third-order valence-corrected chi connectivity index (χ3v) is 5.75. The molecule has 9 nitrogen and oxygen atoms in total. The molecule has 0 fully saturated rings. The topological polar surface area (TPSA) is 130 Å². The van der Waals surface area contributed by atoms with Gasteiger partial charge in [0.2, 0.25) is 0 Å². The summed E-state index contributed by atoms with van der Waals surface area (Å²) in [4.78, 5) is 41.3. The molecular formula is C26H24N6O3. The molecule has 9 heteroatoms. The SMILES string of the molecule is CN(C(=O)/C=C/c1cn(CCC#N)c2ccccc12)c1c(N)n(Cc2ccccc2)c(=O)[nH]c1=O. The molecule has 35 heavy (non-hydrogen) atoms. The lowest BCUT2D eigenvalue weighted by Crippen LogP contribution is -2.39. The van der Waals surface area contributed by atoms with E-state index in [1.165, 1.54) is 17.7 Å². The Bertz CT molecular complexity index is 1570. The molecule has 2 aromatic carbocycles. The van der Waals surface area contributed by atoms with E-state index in [9.17, 15) is 14.4 Å². The zero-order valence-corrected chi connectivity index (χ0v) is 19.1. The lowest BCUT2D eigenvalue weighted by molar-refractivity contribution is -0.113. The number of carbonyl (C=O) groups is 1. The van der Waals surface area contributed by atoms with E-state index in [1.54, 1.807) is 6.08 Å². The molecule has 1 amide bonds. The Morgan fingerprint density at radius 1 is 1.14 bits per heavy atom. The maximum Gasteiger partial charge on any atom is 0.330 e. The van der Waals surface area contributed by atoms with Crippen molar-refractivity contribution in [3.8, 4) is 6.07 Å². The van der Waals surface area contributed by atoms with E-state index >= 15 is 0 Å². The number of carbonyl (C=O) groups excluding carboxylic acids is 1. The largest absolute Gasteiger partial charge is 0.383 e. The van der Waals surface area contributed by atoms with Gasteiger partial charge in [-0.2, -0.15) is 5.26 Å². The number of para-hydroxylation sites is 1. The summed E-state index contributed by atoms with van der Waals surface area (Å²) in [5.74, 6) is -0.582. The number of fused-ring (bicyclic) bond motifs is 1. The zero-order chi connectivity index (χ0) is 24.9. The van der Waals surface area contributed by atoms with Crippen molar-refractivity contribution in [2.24, 2.45) is 0 Å². The highest BCUT2D eigenvalue weighted by molar-refractivity contribution is 6.05. The summed E-state index contributed by atoms with van der Waals surface area (Å²) in [6, 6.07) is 19.0. The normalized spacial score (nSPS) is 11.1. The number of aryl methyl sites for hydroxylation is 1. The number of nitrogen functional groups attached to an aromatic ring is 1. The van der Waals surface area contributed by atoms with Gasteiger partial charge in [0, 0.05) is 42.3 Å². The molecule has 4 rings (SSSR count). The van der Waals surface area contributed by atoms with Gasteiger partial charge in [-0.25, -0.2) is 4.79 Å². The number of anilines is 2. The lowest BCUT2D eigenvalue weighted by Gasteiger charge is -2.19. The van der Waals surface area contributed by atoms with Gasteiger partial charge < -0.3 is 15.2 Å². The average molecular weight is 469 g/mol. The molecule has 0 spiro atoms. The molecule has 0 saturated heterocycles. The van der Waals surface area contributed by atoms with Crippen molar-refractivity contribution in [2.45, 2.75) is 19.5 Å². The summed E-state index contributed by atoms with van der Waals surface area (Å²) < 4.78 is 3.19. The molecule has 176 valence electrons. The Kier molecular flexibility index (Phi) is 6.64. The van der Waals surface area contributed by atoms with Crippen molar-refractivity contribution in [1.29, 1.82) is 5.26 Å². The number of aromatic amines is 1. The molecule has 0 bridgehead atoms. The van der Waals surface area contributed by atoms with Crippen LogP contribution in [0.2, 0.25) is 0 Å². The van der Waals surface area contributed by atoms with Crippen LogP contribution >= 0.6 is 0 Å². The van der Waals surface area contributed by atoms with Crippen LogP contribution in [0.4, 0.5) is 11.5 Å². The first-order chi connectivity index (χ1) is 16.9. The molecule has 0 aliphatic heterocycles. The third kappa shape index (κ3) is 4.77. The van der Waals surface area contributed by atoms with Crippen molar-refractivity contribution in [2.75, 3.05) is 17.7 Å². The fraction of sp³-hybridized carbons (Fsp3) is 0.154. The number of aromatic nitrogens is 3. The number of rotatable bonds is 7. The van der Waals surface area contributed by atoms with E-state index in [-0.39, 0.29) is 18.1 Å². The minimum atomic E-state index is -0.742. The van der Waals surface area contributed by atoms with Gasteiger partial charge in [-0.05, 0) is 17.7 Å². The summed E-state index contributed by atoms with van der Waals surface area (Å²) in [5.41, 5.74) is 7.28. The first kappa shape index (κ1) is 23.3. The lowest BCUT2D eigenvalue weighted by atomic mass is 10.1. The fourth-order valence-corrected chi connectivity index (χ4v) is 3.97. The number of likely N-dealkylation sites (N-methyl/N-ethyl adjacent to an activating group) is 1. The van der Waals surface area contributed by atoms with Crippen LogP contribution in [0.1, 0.15) is 17.5 Å². The molecule has 0 radical (unpaired) electrons. The highest BCUT2D eigenvalue weighted by Gasteiger charge is 2.20. The second-order valence-corrected chi connectivity index (χ2v) is 8.00. The third-order valence-electron chi connectivity index (χ3n) is 5.75. The van der Waals surface area contributed by atoms with Gasteiger partial charge >= 0.3 is 5.69 Å². The minimum absolute atomic E-state index is 0.0973.